The number of aliphatic hydroxyl groups excluding tert-OH is 1. The summed E-state index contributed by atoms with van der Waals surface area (Å²) in [5, 5.41) is 21.7. The van der Waals surface area contributed by atoms with E-state index in [1.807, 2.05) is 0 Å². The third kappa shape index (κ3) is 4.38. The number of amides is 2. The summed E-state index contributed by atoms with van der Waals surface area (Å²) in [6.07, 6.45) is 0. The third-order valence-corrected chi connectivity index (χ3v) is 2.13. The molecule has 0 fully saturated rings. The number of aliphatic hydroxyl groups is 1. The van der Waals surface area contributed by atoms with E-state index in [1.54, 1.807) is 6.07 Å². The highest BCUT2D eigenvalue weighted by Crippen LogP contribution is 2.02. The maximum Gasteiger partial charge on any atom is 0.328 e. The zero-order valence-electron chi connectivity index (χ0n) is 9.39. The number of nitrogens with one attached hydrogen (secondary N) is 2. The summed E-state index contributed by atoms with van der Waals surface area (Å²) in [7, 11) is 0. The smallest absolute Gasteiger partial charge is 0.328 e. The van der Waals surface area contributed by atoms with Crippen LogP contribution in [-0.2, 0) is 11.3 Å². The molecule has 0 aliphatic rings. The van der Waals surface area contributed by atoms with Crippen molar-refractivity contribution in [1.29, 1.82) is 0 Å². The Labute approximate surface area is 102 Å². The average Bonchev–Trinajstić information content (AvgIpc) is 2.33. The fourth-order valence-electron chi connectivity index (χ4n) is 1.22. The van der Waals surface area contributed by atoms with Gasteiger partial charge in [0.1, 0.15) is 5.82 Å². The molecule has 0 spiro atoms. The molecule has 0 unspecified atom stereocenters. The van der Waals surface area contributed by atoms with Gasteiger partial charge in [-0.15, -0.1) is 0 Å². The van der Waals surface area contributed by atoms with Crippen molar-refractivity contribution in [3.05, 3.63) is 35.6 Å². The molecule has 0 aromatic heterocycles. The van der Waals surface area contributed by atoms with Gasteiger partial charge in [0, 0.05) is 6.54 Å². The van der Waals surface area contributed by atoms with Gasteiger partial charge in [0.25, 0.3) is 0 Å². The van der Waals surface area contributed by atoms with Gasteiger partial charge in [-0.25, -0.2) is 14.0 Å². The van der Waals surface area contributed by atoms with Crippen LogP contribution in [0.1, 0.15) is 5.56 Å². The molecule has 1 aromatic rings. The predicted octanol–water partition coefficient (Wildman–Crippen LogP) is 0.0704. The van der Waals surface area contributed by atoms with Crippen molar-refractivity contribution in [2.75, 3.05) is 6.61 Å². The van der Waals surface area contributed by atoms with E-state index in [9.17, 15) is 14.0 Å². The molecule has 0 heterocycles. The van der Waals surface area contributed by atoms with Crippen molar-refractivity contribution in [3.8, 4) is 0 Å². The van der Waals surface area contributed by atoms with E-state index in [4.69, 9.17) is 10.2 Å². The van der Waals surface area contributed by atoms with Gasteiger partial charge in [0.15, 0.2) is 6.04 Å². The van der Waals surface area contributed by atoms with Crippen molar-refractivity contribution in [2.24, 2.45) is 0 Å². The Hall–Kier alpha value is -2.15. The average molecular weight is 256 g/mol. The topological polar surface area (TPSA) is 98.7 Å². The molecule has 0 saturated heterocycles. The number of hydrogen-bond acceptors (Lipinski definition) is 3. The molecule has 0 saturated carbocycles. The van der Waals surface area contributed by atoms with Gasteiger partial charge in [-0.3, -0.25) is 0 Å². The third-order valence-electron chi connectivity index (χ3n) is 2.13. The Morgan fingerprint density at radius 3 is 2.67 bits per heavy atom. The number of rotatable bonds is 5. The highest BCUT2D eigenvalue weighted by atomic mass is 19.1. The molecule has 0 aliphatic heterocycles. The minimum absolute atomic E-state index is 0.0569. The number of carboxylic acid groups (broad SMARTS) is 1. The first-order chi connectivity index (χ1) is 8.52. The van der Waals surface area contributed by atoms with Gasteiger partial charge >= 0.3 is 12.0 Å². The lowest BCUT2D eigenvalue weighted by atomic mass is 10.2. The number of halogens is 1. The minimum atomic E-state index is -1.36. The molecule has 98 valence electrons. The van der Waals surface area contributed by atoms with Gasteiger partial charge in [-0.1, -0.05) is 12.1 Å². The van der Waals surface area contributed by atoms with Gasteiger partial charge < -0.3 is 20.8 Å². The van der Waals surface area contributed by atoms with Gasteiger partial charge in [-0.05, 0) is 17.7 Å². The van der Waals surface area contributed by atoms with Crippen molar-refractivity contribution in [1.82, 2.24) is 10.6 Å². The summed E-state index contributed by atoms with van der Waals surface area (Å²) >= 11 is 0. The second kappa shape index (κ2) is 6.55. The molecular weight excluding hydrogens is 243 g/mol. The lowest BCUT2D eigenvalue weighted by molar-refractivity contribution is -0.140. The lowest BCUT2D eigenvalue weighted by Gasteiger charge is -2.12. The molecule has 18 heavy (non-hydrogen) atoms. The van der Waals surface area contributed by atoms with Crippen LogP contribution in [0.15, 0.2) is 24.3 Å². The Balaban J connectivity index is 2.44. The van der Waals surface area contributed by atoms with Gasteiger partial charge in [0.05, 0.1) is 6.61 Å². The number of aliphatic carboxylic acids is 1. The Morgan fingerprint density at radius 2 is 2.11 bits per heavy atom. The van der Waals surface area contributed by atoms with Crippen molar-refractivity contribution < 1.29 is 24.2 Å². The van der Waals surface area contributed by atoms with E-state index >= 15 is 0 Å². The van der Waals surface area contributed by atoms with Crippen LogP contribution in [0.4, 0.5) is 9.18 Å². The molecule has 6 nitrogen and oxygen atoms in total. The summed E-state index contributed by atoms with van der Waals surface area (Å²) in [5.41, 5.74) is 0.543. The zero-order chi connectivity index (χ0) is 13.5. The van der Waals surface area contributed by atoms with Crippen LogP contribution in [-0.4, -0.2) is 34.9 Å². The molecule has 0 bridgehead atoms. The normalized spacial score (nSPS) is 11.7. The number of carboxylic acids is 1. The van der Waals surface area contributed by atoms with Crippen LogP contribution in [0.2, 0.25) is 0 Å². The number of carbonyl (C=O) groups excluding carboxylic acids is 1. The molecule has 7 heteroatoms. The Kier molecular flexibility index (Phi) is 5.06. The molecule has 4 N–H and O–H groups in total. The van der Waals surface area contributed by atoms with Crippen LogP contribution >= 0.6 is 0 Å². The molecule has 1 atom stereocenters. The van der Waals surface area contributed by atoms with E-state index in [2.05, 4.69) is 10.6 Å². The highest BCUT2D eigenvalue weighted by molar-refractivity contribution is 5.82. The van der Waals surface area contributed by atoms with Crippen molar-refractivity contribution >= 4 is 12.0 Å². The highest BCUT2D eigenvalue weighted by Gasteiger charge is 2.18. The SMILES string of the molecule is O=C(NCc1cccc(F)c1)N[C@H](CO)C(=O)O. The van der Waals surface area contributed by atoms with Crippen LogP contribution in [0.3, 0.4) is 0 Å². The summed E-state index contributed by atoms with van der Waals surface area (Å²) in [6.45, 7) is -0.649. The van der Waals surface area contributed by atoms with E-state index in [0.29, 0.717) is 5.56 Å². The predicted molar refractivity (Wildman–Crippen MR) is 60.3 cm³/mol. The second-order valence-electron chi connectivity index (χ2n) is 3.53. The summed E-state index contributed by atoms with van der Waals surface area (Å²) in [6, 6.07) is 3.53. The zero-order valence-corrected chi connectivity index (χ0v) is 9.39. The Bertz CT molecular complexity index is 439. The molecule has 0 aliphatic carbocycles. The summed E-state index contributed by atoms with van der Waals surface area (Å²) in [4.78, 5) is 21.8. The van der Waals surface area contributed by atoms with Crippen LogP contribution < -0.4 is 10.6 Å². The molecule has 0 radical (unpaired) electrons. The number of urea groups is 1. The summed E-state index contributed by atoms with van der Waals surface area (Å²) in [5.74, 6) is -1.76. The van der Waals surface area contributed by atoms with Crippen molar-refractivity contribution in [3.63, 3.8) is 0 Å². The number of hydrogen-bond donors (Lipinski definition) is 4. The monoisotopic (exact) mass is 256 g/mol. The van der Waals surface area contributed by atoms with Crippen LogP contribution in [0.25, 0.3) is 0 Å². The quantitative estimate of drug-likeness (QED) is 0.599. The first-order valence-corrected chi connectivity index (χ1v) is 5.15. The molecule has 1 rings (SSSR count). The van der Waals surface area contributed by atoms with Crippen molar-refractivity contribution in [2.45, 2.75) is 12.6 Å². The Morgan fingerprint density at radius 1 is 1.39 bits per heavy atom. The first-order valence-electron chi connectivity index (χ1n) is 5.15. The summed E-state index contributed by atoms with van der Waals surface area (Å²) < 4.78 is 12.8. The molecular formula is C11H13FN2O4. The fraction of sp³-hybridized carbons (Fsp3) is 0.273. The van der Waals surface area contributed by atoms with Gasteiger partial charge in [-0.2, -0.15) is 0 Å². The van der Waals surface area contributed by atoms with E-state index in [1.165, 1.54) is 18.2 Å². The van der Waals surface area contributed by atoms with E-state index < -0.39 is 30.5 Å². The standard InChI is InChI=1S/C11H13FN2O4/c12-8-3-1-2-7(4-8)5-13-11(18)14-9(6-15)10(16)17/h1-4,9,15H,5-6H2,(H,16,17)(H2,13,14,18)/t9-/m1/s1. The van der Waals surface area contributed by atoms with Crippen LogP contribution in [0.5, 0.6) is 0 Å². The lowest BCUT2D eigenvalue weighted by Crippen LogP contribution is -2.47. The largest absolute Gasteiger partial charge is 0.480 e. The maximum atomic E-state index is 12.8. The second-order valence-corrected chi connectivity index (χ2v) is 3.53. The number of carbonyl (C=O) groups is 2. The fourth-order valence-corrected chi connectivity index (χ4v) is 1.22. The van der Waals surface area contributed by atoms with Gasteiger partial charge in [0.2, 0.25) is 0 Å². The van der Waals surface area contributed by atoms with E-state index in [-0.39, 0.29) is 6.54 Å². The van der Waals surface area contributed by atoms with E-state index in [0.717, 1.165) is 0 Å². The maximum absolute atomic E-state index is 12.8. The minimum Gasteiger partial charge on any atom is -0.480 e. The molecule has 1 aromatic carbocycles. The first kappa shape index (κ1) is 13.9. The number of benzene rings is 1. The van der Waals surface area contributed by atoms with Crippen LogP contribution in [0, 0.1) is 5.82 Å². The molecule has 2 amide bonds.